The standard InChI is InChI=1S/C22H22FN3O5S/c1-15-2-7-21-19(10-15)20(11-22(27)28)24-26(21)13-16-8-9-25(12-16)32(29,30)18-5-3-17(4-6-18)31-14-23/h2-7,10,13,16H,8-9,11-12,14H2,1H3/p+1/b26-13-. The lowest BCUT2D eigenvalue weighted by Crippen LogP contribution is -2.29. The topological polar surface area (TPSA) is 99.3 Å². The molecule has 0 radical (unpaired) electrons. The predicted octanol–water partition coefficient (Wildman–Crippen LogP) is 2.92. The van der Waals surface area contributed by atoms with Gasteiger partial charge in [0.1, 0.15) is 11.5 Å². The highest BCUT2D eigenvalue weighted by atomic mass is 32.2. The molecule has 8 nitrogen and oxygen atoms in total. The van der Waals surface area contributed by atoms with Crippen molar-refractivity contribution in [3.63, 3.8) is 0 Å². The van der Waals surface area contributed by atoms with Crippen molar-refractivity contribution < 1.29 is 32.1 Å². The molecule has 1 atom stereocenters. The van der Waals surface area contributed by atoms with Crippen LogP contribution in [0.4, 0.5) is 10.1 Å². The van der Waals surface area contributed by atoms with E-state index in [2.05, 4.69) is 5.10 Å². The summed E-state index contributed by atoms with van der Waals surface area (Å²) in [5, 5.41) is 13.7. The number of benzene rings is 2. The van der Waals surface area contributed by atoms with E-state index in [0.29, 0.717) is 18.7 Å². The third-order valence-electron chi connectivity index (χ3n) is 5.48. The minimum Gasteiger partial charge on any atom is -0.481 e. The Kier molecular flexibility index (Phi) is 6.07. The summed E-state index contributed by atoms with van der Waals surface area (Å²) in [5.74, 6) is -0.780. The zero-order valence-corrected chi connectivity index (χ0v) is 18.3. The van der Waals surface area contributed by atoms with Gasteiger partial charge in [-0.05, 0) is 49.2 Å². The van der Waals surface area contributed by atoms with Crippen LogP contribution in [-0.4, -0.2) is 60.4 Å². The fourth-order valence-corrected chi connectivity index (χ4v) is 5.43. The molecule has 2 aromatic carbocycles. The van der Waals surface area contributed by atoms with Crippen molar-refractivity contribution in [1.29, 1.82) is 0 Å². The highest BCUT2D eigenvalue weighted by molar-refractivity contribution is 7.89. The number of hydrogen-bond donors (Lipinski definition) is 1. The van der Waals surface area contributed by atoms with Crippen LogP contribution in [0.2, 0.25) is 0 Å². The first-order valence-electron chi connectivity index (χ1n) is 10.1. The first kappa shape index (κ1) is 22.1. The van der Waals surface area contributed by atoms with E-state index < -0.39 is 22.9 Å². The minimum absolute atomic E-state index is 0.0824. The second-order valence-electron chi connectivity index (χ2n) is 7.77. The normalized spacial score (nSPS) is 19.8. The Bertz CT molecular complexity index is 1210. The molecule has 0 amide bonds. The van der Waals surface area contributed by atoms with Gasteiger partial charge in [0.15, 0.2) is 6.21 Å². The van der Waals surface area contributed by atoms with E-state index in [1.807, 2.05) is 31.3 Å². The predicted molar refractivity (Wildman–Crippen MR) is 116 cm³/mol. The molecule has 10 heteroatoms. The Balaban J connectivity index is 1.54. The highest BCUT2D eigenvalue weighted by Gasteiger charge is 2.36. The minimum atomic E-state index is -3.70. The first-order chi connectivity index (χ1) is 15.3. The zero-order chi connectivity index (χ0) is 22.9. The van der Waals surface area contributed by atoms with E-state index in [4.69, 9.17) is 4.74 Å². The van der Waals surface area contributed by atoms with Gasteiger partial charge < -0.3 is 9.84 Å². The summed E-state index contributed by atoms with van der Waals surface area (Å²) in [6.07, 6.45) is 2.29. The van der Waals surface area contributed by atoms with Crippen molar-refractivity contribution >= 4 is 33.6 Å². The summed E-state index contributed by atoms with van der Waals surface area (Å²) in [6.45, 7) is 1.59. The number of alkyl halides is 1. The van der Waals surface area contributed by atoms with E-state index in [1.54, 1.807) is 4.68 Å². The summed E-state index contributed by atoms with van der Waals surface area (Å²) in [5.41, 5.74) is 3.05. The third kappa shape index (κ3) is 4.42. The van der Waals surface area contributed by atoms with Crippen LogP contribution < -0.4 is 4.74 Å². The van der Waals surface area contributed by atoms with Gasteiger partial charge in [0.05, 0.1) is 22.8 Å². The molecule has 32 heavy (non-hydrogen) atoms. The van der Waals surface area contributed by atoms with Crippen LogP contribution in [0.15, 0.2) is 52.5 Å². The number of sulfonamides is 1. The number of carboxylic acids is 1. The molecule has 0 aromatic heterocycles. The number of hydrogen-bond acceptors (Lipinski definition) is 5. The molecule has 168 valence electrons. The molecule has 1 N–H and O–H groups in total. The fourth-order valence-electron chi connectivity index (χ4n) is 3.92. The van der Waals surface area contributed by atoms with Crippen LogP contribution in [-0.2, 0) is 14.8 Å². The molecule has 2 aliphatic rings. The average Bonchev–Trinajstić information content (AvgIpc) is 3.34. The average molecular weight is 461 g/mol. The van der Waals surface area contributed by atoms with Gasteiger partial charge in [-0.1, -0.05) is 10.8 Å². The maximum Gasteiger partial charge on any atom is 0.309 e. The van der Waals surface area contributed by atoms with Crippen molar-refractivity contribution in [1.82, 2.24) is 4.31 Å². The van der Waals surface area contributed by atoms with Gasteiger partial charge in [-0.3, -0.25) is 4.79 Å². The molecule has 1 fully saturated rings. The number of aliphatic carboxylic acids is 1. The Morgan fingerprint density at radius 1 is 1.31 bits per heavy atom. The molecule has 2 heterocycles. The third-order valence-corrected chi connectivity index (χ3v) is 7.36. The SMILES string of the molecule is Cc1ccc2c(c1)C(CC(=O)O)=N/[N+]2=C\C1CCN(S(=O)(=O)c2ccc(OCF)cc2)C1. The van der Waals surface area contributed by atoms with Crippen LogP contribution >= 0.6 is 0 Å². The molecule has 2 aromatic rings. The van der Waals surface area contributed by atoms with Gasteiger partial charge in [-0.2, -0.15) is 4.31 Å². The van der Waals surface area contributed by atoms with Crippen LogP contribution in [0, 0.1) is 12.8 Å². The van der Waals surface area contributed by atoms with Crippen LogP contribution in [0.3, 0.4) is 0 Å². The van der Waals surface area contributed by atoms with Gasteiger partial charge in [0, 0.05) is 24.3 Å². The molecular weight excluding hydrogens is 437 g/mol. The number of carboxylic acid groups (broad SMARTS) is 1. The van der Waals surface area contributed by atoms with Gasteiger partial charge >= 0.3 is 5.97 Å². The molecule has 0 bridgehead atoms. The first-order valence-corrected chi connectivity index (χ1v) is 11.6. The summed E-state index contributed by atoms with van der Waals surface area (Å²) >= 11 is 0. The Morgan fingerprint density at radius 3 is 2.75 bits per heavy atom. The van der Waals surface area contributed by atoms with Crippen molar-refractivity contribution in [2.24, 2.45) is 11.0 Å². The lowest BCUT2D eigenvalue weighted by Gasteiger charge is -2.16. The van der Waals surface area contributed by atoms with E-state index in [-0.39, 0.29) is 29.5 Å². The molecule has 1 unspecified atom stereocenters. The molecule has 0 aliphatic carbocycles. The quantitative estimate of drug-likeness (QED) is 0.641. The lowest BCUT2D eigenvalue weighted by atomic mass is 10.0. The largest absolute Gasteiger partial charge is 0.481 e. The Morgan fingerprint density at radius 2 is 2.06 bits per heavy atom. The number of halogens is 1. The number of rotatable bonds is 7. The number of nitrogens with zero attached hydrogens (tertiary/aromatic N) is 3. The number of hydrazone groups is 1. The van der Waals surface area contributed by atoms with Gasteiger partial charge in [-0.25, -0.2) is 12.8 Å². The smallest absolute Gasteiger partial charge is 0.309 e. The summed E-state index contributed by atoms with van der Waals surface area (Å²) in [7, 11) is -3.70. The maximum absolute atomic E-state index is 13.0. The second kappa shape index (κ2) is 8.79. The van der Waals surface area contributed by atoms with E-state index in [0.717, 1.165) is 16.8 Å². The molecule has 1 saturated heterocycles. The summed E-state index contributed by atoms with van der Waals surface area (Å²) in [6, 6.07) is 11.4. The Hall–Kier alpha value is -3.11. The van der Waals surface area contributed by atoms with E-state index in [9.17, 15) is 22.7 Å². The number of carbonyl (C=O) groups is 1. The van der Waals surface area contributed by atoms with Crippen LogP contribution in [0.1, 0.15) is 24.0 Å². The molecular formula is C22H23FN3O5S+. The monoisotopic (exact) mass is 460 g/mol. The van der Waals surface area contributed by atoms with Gasteiger partial charge in [-0.15, -0.1) is 0 Å². The lowest BCUT2D eigenvalue weighted by molar-refractivity contribution is -0.438. The zero-order valence-electron chi connectivity index (χ0n) is 17.4. The number of fused-ring (bicyclic) bond motifs is 1. The van der Waals surface area contributed by atoms with Crippen molar-refractivity contribution in [3.05, 3.63) is 53.6 Å². The van der Waals surface area contributed by atoms with Crippen molar-refractivity contribution in [2.45, 2.75) is 24.7 Å². The van der Waals surface area contributed by atoms with Crippen LogP contribution in [0.5, 0.6) is 5.75 Å². The maximum atomic E-state index is 13.0. The van der Waals surface area contributed by atoms with Crippen LogP contribution in [0.25, 0.3) is 0 Å². The van der Waals surface area contributed by atoms with Gasteiger partial charge in [0.2, 0.25) is 22.6 Å². The van der Waals surface area contributed by atoms with Gasteiger partial charge in [0.25, 0.3) is 0 Å². The Labute approximate surface area is 185 Å². The van der Waals surface area contributed by atoms with Crippen molar-refractivity contribution in [2.75, 3.05) is 20.0 Å². The van der Waals surface area contributed by atoms with E-state index >= 15 is 0 Å². The fraction of sp³-hybridized carbons (Fsp3) is 0.318. The molecule has 0 saturated carbocycles. The summed E-state index contributed by atoms with van der Waals surface area (Å²) in [4.78, 5) is 11.4. The van der Waals surface area contributed by atoms with E-state index in [1.165, 1.54) is 28.6 Å². The molecule has 2 aliphatic heterocycles. The molecule has 0 spiro atoms. The molecule has 4 rings (SSSR count). The van der Waals surface area contributed by atoms with Crippen molar-refractivity contribution in [3.8, 4) is 5.75 Å². The summed E-state index contributed by atoms with van der Waals surface area (Å²) < 4.78 is 46.0. The second-order valence-corrected chi connectivity index (χ2v) is 9.71. The number of ether oxygens (including phenoxy) is 1. The number of aryl methyl sites for hydroxylation is 1. The highest BCUT2D eigenvalue weighted by Crippen LogP contribution is 2.30.